The molecule has 1 aliphatic rings. The number of nitriles is 1. The van der Waals surface area contributed by atoms with Gasteiger partial charge in [-0.15, -0.1) is 0 Å². The highest BCUT2D eigenvalue weighted by atomic mass is 16.1. The van der Waals surface area contributed by atoms with Crippen molar-refractivity contribution in [3.05, 3.63) is 82.3 Å². The van der Waals surface area contributed by atoms with E-state index in [1.54, 1.807) is 16.7 Å². The number of rotatable bonds is 4. The maximum atomic E-state index is 13.4. The fourth-order valence-corrected chi connectivity index (χ4v) is 3.85. The Hall–Kier alpha value is -3.43. The molecule has 4 rings (SSSR count). The molecule has 1 saturated heterocycles. The molecule has 0 amide bonds. The number of piperidine rings is 1. The Balaban J connectivity index is 1.83. The first-order valence-corrected chi connectivity index (χ1v) is 10.3. The van der Waals surface area contributed by atoms with Crippen LogP contribution in [-0.2, 0) is 0 Å². The van der Waals surface area contributed by atoms with Crippen molar-refractivity contribution in [1.82, 2.24) is 9.55 Å². The molecule has 1 unspecified atom stereocenters. The van der Waals surface area contributed by atoms with E-state index in [4.69, 9.17) is 16.0 Å². The summed E-state index contributed by atoms with van der Waals surface area (Å²) in [4.78, 5) is 20.2. The van der Waals surface area contributed by atoms with Crippen molar-refractivity contribution in [2.75, 3.05) is 18.0 Å². The van der Waals surface area contributed by atoms with Crippen molar-refractivity contribution in [3.8, 4) is 17.3 Å². The van der Waals surface area contributed by atoms with Gasteiger partial charge < -0.3 is 15.2 Å². The van der Waals surface area contributed by atoms with Gasteiger partial charge in [0.2, 0.25) is 0 Å². The molecule has 6 heteroatoms. The van der Waals surface area contributed by atoms with Gasteiger partial charge in [0.05, 0.1) is 23.4 Å². The van der Waals surface area contributed by atoms with Gasteiger partial charge in [0.15, 0.2) is 5.82 Å². The number of anilines is 1. The average molecular weight is 399 g/mol. The molecule has 0 aliphatic carbocycles. The molecular weight excluding hydrogens is 374 g/mol. The van der Waals surface area contributed by atoms with E-state index in [0.717, 1.165) is 37.1 Å². The van der Waals surface area contributed by atoms with Crippen LogP contribution in [0, 0.1) is 11.3 Å². The Morgan fingerprint density at radius 1 is 1.10 bits per heavy atom. The summed E-state index contributed by atoms with van der Waals surface area (Å²) >= 11 is 0. The molecule has 6 nitrogen and oxygen atoms in total. The van der Waals surface area contributed by atoms with Gasteiger partial charge in [0.25, 0.3) is 5.56 Å². The fraction of sp³-hybridized carbons (Fsp3) is 0.292. The van der Waals surface area contributed by atoms with E-state index in [0.29, 0.717) is 17.1 Å². The van der Waals surface area contributed by atoms with E-state index in [1.807, 2.05) is 60.5 Å². The smallest absolute Gasteiger partial charge is 0.294 e. The first kappa shape index (κ1) is 19.9. The Bertz CT molecular complexity index is 1110. The van der Waals surface area contributed by atoms with Crippen LogP contribution in [0.1, 0.15) is 36.9 Å². The van der Waals surface area contributed by atoms with Crippen LogP contribution in [0.5, 0.6) is 0 Å². The van der Waals surface area contributed by atoms with E-state index < -0.39 is 0 Å². The van der Waals surface area contributed by atoms with Gasteiger partial charge in [-0.2, -0.15) is 5.26 Å². The van der Waals surface area contributed by atoms with Gasteiger partial charge in [-0.1, -0.05) is 42.5 Å². The molecule has 2 N–H and O–H groups in total. The van der Waals surface area contributed by atoms with Gasteiger partial charge in [-0.25, -0.2) is 4.98 Å². The number of nitrogens with zero attached hydrogens (tertiary/aromatic N) is 4. The molecule has 1 atom stereocenters. The summed E-state index contributed by atoms with van der Waals surface area (Å²) in [6, 6.07) is 19.4. The Morgan fingerprint density at radius 2 is 1.77 bits per heavy atom. The summed E-state index contributed by atoms with van der Waals surface area (Å²) in [5.41, 5.74) is 9.20. The first-order chi connectivity index (χ1) is 14.6. The van der Waals surface area contributed by atoms with Crippen molar-refractivity contribution in [3.63, 3.8) is 0 Å². The minimum absolute atomic E-state index is 0.0979. The zero-order valence-electron chi connectivity index (χ0n) is 17.0. The summed E-state index contributed by atoms with van der Waals surface area (Å²) < 4.78 is 1.76. The second kappa shape index (κ2) is 8.52. The fourth-order valence-electron chi connectivity index (χ4n) is 3.85. The molecule has 1 fully saturated rings. The van der Waals surface area contributed by atoms with Crippen LogP contribution in [0.15, 0.2) is 65.6 Å². The molecule has 0 bridgehead atoms. The van der Waals surface area contributed by atoms with E-state index in [2.05, 4.69) is 6.07 Å². The number of benzene rings is 2. The molecule has 2 aromatic carbocycles. The third-order valence-electron chi connectivity index (χ3n) is 5.76. The van der Waals surface area contributed by atoms with Crippen LogP contribution >= 0.6 is 0 Å². The van der Waals surface area contributed by atoms with E-state index in [-0.39, 0.29) is 17.6 Å². The monoisotopic (exact) mass is 399 g/mol. The highest BCUT2D eigenvalue weighted by molar-refractivity contribution is 5.61. The predicted octanol–water partition coefficient (Wildman–Crippen LogP) is 3.32. The summed E-state index contributed by atoms with van der Waals surface area (Å²) in [5, 5.41) is 9.09. The van der Waals surface area contributed by atoms with Gasteiger partial charge >= 0.3 is 0 Å². The molecule has 3 aromatic rings. The molecule has 2 heterocycles. The van der Waals surface area contributed by atoms with Crippen molar-refractivity contribution < 1.29 is 0 Å². The molecule has 1 aliphatic heterocycles. The average Bonchev–Trinajstić information content (AvgIpc) is 2.80. The van der Waals surface area contributed by atoms with Crippen molar-refractivity contribution in [2.45, 2.75) is 31.8 Å². The molecular formula is C24H25N5O. The van der Waals surface area contributed by atoms with E-state index >= 15 is 0 Å². The lowest BCUT2D eigenvalue weighted by atomic mass is 10.1. The number of hydrogen-bond donors (Lipinski definition) is 1. The Morgan fingerprint density at radius 3 is 2.40 bits per heavy atom. The molecule has 0 saturated carbocycles. The quantitative estimate of drug-likeness (QED) is 0.727. The van der Waals surface area contributed by atoms with Crippen LogP contribution in [0.4, 0.5) is 5.82 Å². The van der Waals surface area contributed by atoms with Crippen LogP contribution in [0.3, 0.4) is 0 Å². The normalized spacial score (nSPS) is 15.6. The molecule has 0 spiro atoms. The second-order valence-corrected chi connectivity index (χ2v) is 7.76. The number of hydrogen-bond acceptors (Lipinski definition) is 5. The summed E-state index contributed by atoms with van der Waals surface area (Å²) in [5.74, 6) is 0.464. The Labute approximate surface area is 176 Å². The third-order valence-corrected chi connectivity index (χ3v) is 5.76. The lowest BCUT2D eigenvalue weighted by molar-refractivity contribution is 0.494. The highest BCUT2D eigenvalue weighted by Crippen LogP contribution is 2.24. The summed E-state index contributed by atoms with van der Waals surface area (Å²) in [6.07, 6.45) is 3.51. The van der Waals surface area contributed by atoms with E-state index in [1.165, 1.54) is 0 Å². The minimum atomic E-state index is -0.135. The highest BCUT2D eigenvalue weighted by Gasteiger charge is 2.23. The minimum Gasteiger partial charge on any atom is -0.352 e. The van der Waals surface area contributed by atoms with Gasteiger partial charge in [-0.05, 0) is 37.5 Å². The third kappa shape index (κ3) is 3.98. The second-order valence-electron chi connectivity index (χ2n) is 7.76. The standard InChI is InChI=1S/C24H25N5O/c1-17(19-5-3-2-4-6-19)29-16-22(20-9-7-18(15-25)8-10-20)27-23(24(29)30)28-13-11-21(26)12-14-28/h2-10,16-17,21H,11-14,26H2,1H3. The topological polar surface area (TPSA) is 87.9 Å². The molecule has 30 heavy (non-hydrogen) atoms. The molecule has 152 valence electrons. The zero-order chi connectivity index (χ0) is 21.1. The first-order valence-electron chi connectivity index (χ1n) is 10.3. The predicted molar refractivity (Wildman–Crippen MR) is 118 cm³/mol. The van der Waals surface area contributed by atoms with Gasteiger partial charge in [-0.3, -0.25) is 4.79 Å². The maximum absolute atomic E-state index is 13.4. The Kier molecular flexibility index (Phi) is 5.64. The van der Waals surface area contributed by atoms with Crippen molar-refractivity contribution in [2.24, 2.45) is 5.73 Å². The molecule has 1 aromatic heterocycles. The lowest BCUT2D eigenvalue weighted by Gasteiger charge is -2.31. The summed E-state index contributed by atoms with van der Waals surface area (Å²) in [6.45, 7) is 3.47. The van der Waals surface area contributed by atoms with Crippen LogP contribution in [0.2, 0.25) is 0 Å². The maximum Gasteiger partial charge on any atom is 0.294 e. The van der Waals surface area contributed by atoms with Crippen LogP contribution in [0.25, 0.3) is 11.3 Å². The van der Waals surface area contributed by atoms with Gasteiger partial charge in [0, 0.05) is 30.9 Å². The number of nitrogens with two attached hydrogens (primary N) is 1. The van der Waals surface area contributed by atoms with Crippen LogP contribution < -0.4 is 16.2 Å². The van der Waals surface area contributed by atoms with Crippen LogP contribution in [-0.4, -0.2) is 28.7 Å². The molecule has 0 radical (unpaired) electrons. The lowest BCUT2D eigenvalue weighted by Crippen LogP contribution is -2.43. The number of aromatic nitrogens is 2. The summed E-state index contributed by atoms with van der Waals surface area (Å²) in [7, 11) is 0. The van der Waals surface area contributed by atoms with E-state index in [9.17, 15) is 4.79 Å². The zero-order valence-corrected chi connectivity index (χ0v) is 17.0. The van der Waals surface area contributed by atoms with Crippen molar-refractivity contribution >= 4 is 5.82 Å². The van der Waals surface area contributed by atoms with Gasteiger partial charge in [0.1, 0.15) is 0 Å². The SMILES string of the molecule is CC(c1ccccc1)n1cc(-c2ccc(C#N)cc2)nc(N2CCC(N)CC2)c1=O. The van der Waals surface area contributed by atoms with Crippen molar-refractivity contribution in [1.29, 1.82) is 5.26 Å². The largest absolute Gasteiger partial charge is 0.352 e.